The summed E-state index contributed by atoms with van der Waals surface area (Å²) in [6.45, 7) is 6.80. The Morgan fingerprint density at radius 3 is 2.27 bits per heavy atom. The first kappa shape index (κ1) is 34.7. The van der Waals surface area contributed by atoms with E-state index in [0.29, 0.717) is 12.8 Å². The van der Waals surface area contributed by atoms with Crippen LogP contribution in [0.1, 0.15) is 88.2 Å². The number of aromatic nitrogens is 2. The molecule has 44 heavy (non-hydrogen) atoms. The van der Waals surface area contributed by atoms with E-state index < -0.39 is 48.3 Å². The third kappa shape index (κ3) is 11.7. The number of amides is 2. The molecule has 1 saturated heterocycles. The molecule has 2 heterocycles. The van der Waals surface area contributed by atoms with Crippen LogP contribution < -0.4 is 16.0 Å². The van der Waals surface area contributed by atoms with Gasteiger partial charge in [0.2, 0.25) is 5.91 Å². The van der Waals surface area contributed by atoms with Gasteiger partial charge in [-0.2, -0.15) is 0 Å². The van der Waals surface area contributed by atoms with Gasteiger partial charge in [0, 0.05) is 31.7 Å². The number of hydrogen-bond donors (Lipinski definition) is 3. The van der Waals surface area contributed by atoms with Gasteiger partial charge in [-0.3, -0.25) is 24.2 Å². The number of carbonyl (C=O) groups is 4. The second-order valence-corrected chi connectivity index (χ2v) is 12.3. The molecule has 0 radical (unpaired) electrons. The second kappa shape index (κ2) is 17.5. The molecular formula is C32H46BN5O6. The van der Waals surface area contributed by atoms with Crippen LogP contribution in [-0.2, 0) is 30.1 Å². The summed E-state index contributed by atoms with van der Waals surface area (Å²) in [5, 5.41) is 8.81. The summed E-state index contributed by atoms with van der Waals surface area (Å²) in [4.78, 5) is 60.8. The lowest BCUT2D eigenvalue weighted by atomic mass is 9.71. The van der Waals surface area contributed by atoms with Crippen molar-refractivity contribution in [1.29, 1.82) is 0 Å². The topological polar surface area (TPSA) is 149 Å². The fourth-order valence-electron chi connectivity index (χ4n) is 5.41. The average molecular weight is 608 g/mol. The zero-order valence-electron chi connectivity index (χ0n) is 26.3. The normalized spacial score (nSPS) is 16.2. The molecule has 1 aromatic carbocycles. The van der Waals surface area contributed by atoms with Crippen molar-refractivity contribution in [3.8, 4) is 0 Å². The molecule has 12 heteroatoms. The lowest BCUT2D eigenvalue weighted by Crippen LogP contribution is -2.57. The van der Waals surface area contributed by atoms with Crippen LogP contribution in [0.2, 0.25) is 0 Å². The number of rotatable bonds is 16. The molecule has 2 amide bonds. The van der Waals surface area contributed by atoms with E-state index in [-0.39, 0.29) is 30.9 Å². The number of benzene rings is 1. The van der Waals surface area contributed by atoms with Crippen LogP contribution in [0.25, 0.3) is 0 Å². The molecule has 1 aliphatic rings. The summed E-state index contributed by atoms with van der Waals surface area (Å²) in [6, 6.07) is 8.29. The summed E-state index contributed by atoms with van der Waals surface area (Å²) in [5.41, 5.74) is 0.336. The zero-order valence-corrected chi connectivity index (χ0v) is 26.3. The van der Waals surface area contributed by atoms with E-state index in [1.165, 1.54) is 18.6 Å². The molecule has 3 N–H and O–H groups in total. The van der Waals surface area contributed by atoms with Crippen molar-refractivity contribution >= 4 is 30.9 Å². The number of hydrogen-bond acceptors (Lipinski definition) is 9. The maximum absolute atomic E-state index is 13.7. The Bertz CT molecular complexity index is 1200. The molecule has 1 aliphatic heterocycles. The van der Waals surface area contributed by atoms with Crippen LogP contribution in [-0.4, -0.2) is 66.4 Å². The highest BCUT2D eigenvalue weighted by Crippen LogP contribution is 2.35. The Labute approximate surface area is 260 Å². The number of nitrogens with zero attached hydrogens (tertiary/aromatic N) is 2. The summed E-state index contributed by atoms with van der Waals surface area (Å²) in [5.74, 6) is -2.76. The lowest BCUT2D eigenvalue weighted by Gasteiger charge is -2.33. The van der Waals surface area contributed by atoms with E-state index in [0.717, 1.165) is 37.8 Å². The molecule has 0 spiro atoms. The van der Waals surface area contributed by atoms with Crippen LogP contribution in [0, 0.1) is 11.3 Å². The van der Waals surface area contributed by atoms with Crippen molar-refractivity contribution in [2.24, 2.45) is 11.3 Å². The van der Waals surface area contributed by atoms with Gasteiger partial charge in [0.15, 0.2) is 0 Å². The number of unbranched alkanes of at least 4 members (excludes halogenated alkanes) is 3. The van der Waals surface area contributed by atoms with E-state index in [2.05, 4.69) is 25.9 Å². The second-order valence-electron chi connectivity index (χ2n) is 12.3. The Hall–Kier alpha value is -3.80. The molecule has 238 valence electrons. The standard InChI is InChI=1S/C32H46BN5O6/c1-23(2)18-27(33-43-28(39)20-32(3,21-29(40)44-33)14-10-5-6-11-15-34-4)38-30(41)25(19-24-12-8-7-9-13-24)37-31(42)26-22-35-16-17-36-26/h7-9,12-13,16-17,22-23,25,27,34H,5-6,10-11,14-15,18-21H2,1-4H3,(H,37,42)(H,38,41)/t25-,27?/m0/s1. The highest BCUT2D eigenvalue weighted by Gasteiger charge is 2.44. The minimum absolute atomic E-state index is 0.0677. The van der Waals surface area contributed by atoms with Crippen molar-refractivity contribution in [2.45, 2.75) is 90.5 Å². The SMILES string of the molecule is CNCCCCCCC1(C)CC(=O)OB(C(CC(C)C)NC(=O)[C@H](Cc2ccccc2)NC(=O)c2cnccn2)OC(=O)C1. The molecule has 1 aromatic heterocycles. The molecule has 1 fully saturated rings. The van der Waals surface area contributed by atoms with Crippen molar-refractivity contribution in [3.63, 3.8) is 0 Å². The predicted molar refractivity (Wildman–Crippen MR) is 167 cm³/mol. The number of carbonyl (C=O) groups excluding carboxylic acids is 4. The molecule has 1 unspecified atom stereocenters. The fourth-order valence-corrected chi connectivity index (χ4v) is 5.41. The maximum Gasteiger partial charge on any atom is 0.622 e. The Morgan fingerprint density at radius 1 is 0.977 bits per heavy atom. The van der Waals surface area contributed by atoms with E-state index in [9.17, 15) is 19.2 Å². The molecular weight excluding hydrogens is 561 g/mol. The quantitative estimate of drug-likeness (QED) is 0.193. The van der Waals surface area contributed by atoms with Crippen LogP contribution in [0.5, 0.6) is 0 Å². The van der Waals surface area contributed by atoms with Gasteiger partial charge >= 0.3 is 7.12 Å². The third-order valence-corrected chi connectivity index (χ3v) is 7.68. The van der Waals surface area contributed by atoms with Crippen LogP contribution in [0.3, 0.4) is 0 Å². The van der Waals surface area contributed by atoms with Crippen molar-refractivity contribution in [3.05, 3.63) is 60.2 Å². The monoisotopic (exact) mass is 607 g/mol. The highest BCUT2D eigenvalue weighted by atomic mass is 16.6. The smallest absolute Gasteiger partial charge is 0.498 e. The largest absolute Gasteiger partial charge is 0.622 e. The summed E-state index contributed by atoms with van der Waals surface area (Å²) >= 11 is 0. The molecule has 2 aromatic rings. The lowest BCUT2D eigenvalue weighted by molar-refractivity contribution is -0.149. The highest BCUT2D eigenvalue weighted by molar-refractivity contribution is 6.51. The van der Waals surface area contributed by atoms with Gasteiger partial charge in [-0.1, -0.05) is 70.4 Å². The molecule has 0 aliphatic carbocycles. The number of nitrogens with one attached hydrogen (secondary N) is 3. The molecule has 3 rings (SSSR count). The first-order valence-corrected chi connectivity index (χ1v) is 15.5. The van der Waals surface area contributed by atoms with Crippen LogP contribution >= 0.6 is 0 Å². The third-order valence-electron chi connectivity index (χ3n) is 7.68. The van der Waals surface area contributed by atoms with Gasteiger partial charge in [0.25, 0.3) is 17.8 Å². The van der Waals surface area contributed by atoms with Gasteiger partial charge < -0.3 is 25.3 Å². The van der Waals surface area contributed by atoms with Gasteiger partial charge in [-0.15, -0.1) is 0 Å². The first-order valence-electron chi connectivity index (χ1n) is 15.5. The van der Waals surface area contributed by atoms with Gasteiger partial charge in [-0.05, 0) is 49.8 Å². The first-order chi connectivity index (χ1) is 21.1. The molecule has 0 saturated carbocycles. The van der Waals surface area contributed by atoms with Crippen molar-refractivity contribution < 1.29 is 28.5 Å². The van der Waals surface area contributed by atoms with Gasteiger partial charge in [-0.25, -0.2) is 4.98 Å². The minimum atomic E-state index is -1.29. The van der Waals surface area contributed by atoms with Crippen LogP contribution in [0.15, 0.2) is 48.9 Å². The van der Waals surface area contributed by atoms with Crippen LogP contribution in [0.4, 0.5) is 0 Å². The summed E-state index contributed by atoms with van der Waals surface area (Å²) < 4.78 is 11.4. The van der Waals surface area contributed by atoms with Crippen molar-refractivity contribution in [2.75, 3.05) is 13.6 Å². The Balaban J connectivity index is 1.72. The zero-order chi connectivity index (χ0) is 32.0. The van der Waals surface area contributed by atoms with Gasteiger partial charge in [0.1, 0.15) is 11.7 Å². The molecule has 2 atom stereocenters. The van der Waals surface area contributed by atoms with E-state index in [1.54, 1.807) is 0 Å². The van der Waals surface area contributed by atoms with E-state index >= 15 is 0 Å². The molecule has 0 bridgehead atoms. The van der Waals surface area contributed by atoms with E-state index in [4.69, 9.17) is 9.31 Å². The summed E-state index contributed by atoms with van der Waals surface area (Å²) in [7, 11) is 0.639. The average Bonchev–Trinajstić information content (AvgIpc) is 2.97. The van der Waals surface area contributed by atoms with E-state index in [1.807, 2.05) is 58.2 Å². The Morgan fingerprint density at radius 2 is 1.66 bits per heavy atom. The molecule has 11 nitrogen and oxygen atoms in total. The Kier molecular flexibility index (Phi) is 13.8. The van der Waals surface area contributed by atoms with Gasteiger partial charge in [0.05, 0.1) is 12.1 Å². The fraction of sp³-hybridized carbons (Fsp3) is 0.562. The minimum Gasteiger partial charge on any atom is -0.498 e. The maximum atomic E-state index is 13.7. The predicted octanol–water partition coefficient (Wildman–Crippen LogP) is 3.43. The summed E-state index contributed by atoms with van der Waals surface area (Å²) in [6.07, 6.45) is 9.70. The van der Waals surface area contributed by atoms with Crippen molar-refractivity contribution in [1.82, 2.24) is 25.9 Å².